The molecule has 0 amide bonds. The molecule has 0 saturated carbocycles. The van der Waals surface area contributed by atoms with E-state index in [1.54, 1.807) is 10.9 Å². The van der Waals surface area contributed by atoms with E-state index in [1.807, 2.05) is 45.0 Å². The number of benzene rings is 1. The van der Waals surface area contributed by atoms with Gasteiger partial charge in [0.05, 0.1) is 18.3 Å². The van der Waals surface area contributed by atoms with Crippen molar-refractivity contribution in [3.63, 3.8) is 0 Å². The molecular formula is C14H18ClN3O. The van der Waals surface area contributed by atoms with Gasteiger partial charge in [-0.1, -0.05) is 23.7 Å². The molecule has 4 nitrogen and oxygen atoms in total. The van der Waals surface area contributed by atoms with Crippen LogP contribution >= 0.6 is 11.6 Å². The summed E-state index contributed by atoms with van der Waals surface area (Å²) in [5, 5.41) is 4.67. The molecule has 0 spiro atoms. The third kappa shape index (κ3) is 3.01. The predicted molar refractivity (Wildman–Crippen MR) is 77.7 cm³/mol. The van der Waals surface area contributed by atoms with Gasteiger partial charge in [0.2, 0.25) is 0 Å². The van der Waals surface area contributed by atoms with Crippen molar-refractivity contribution in [2.75, 3.05) is 5.73 Å². The molecular weight excluding hydrogens is 262 g/mol. The molecule has 2 aromatic rings. The SMILES string of the molecule is CC(C)Oc1ccc(C(C)n2ncc(Cl)c2N)cc1. The highest BCUT2D eigenvalue weighted by Crippen LogP contribution is 2.26. The topological polar surface area (TPSA) is 53.1 Å². The van der Waals surface area contributed by atoms with Gasteiger partial charge in [-0.25, -0.2) is 4.68 Å². The number of nitrogens with two attached hydrogens (primary N) is 1. The summed E-state index contributed by atoms with van der Waals surface area (Å²) < 4.78 is 7.32. The fraction of sp³-hybridized carbons (Fsp3) is 0.357. The fourth-order valence-corrected chi connectivity index (χ4v) is 2.03. The molecule has 0 fully saturated rings. The van der Waals surface area contributed by atoms with Gasteiger partial charge in [-0.3, -0.25) is 0 Å². The lowest BCUT2D eigenvalue weighted by atomic mass is 10.1. The molecule has 1 heterocycles. The van der Waals surface area contributed by atoms with Crippen LogP contribution in [-0.4, -0.2) is 15.9 Å². The van der Waals surface area contributed by atoms with E-state index in [4.69, 9.17) is 22.1 Å². The van der Waals surface area contributed by atoms with Gasteiger partial charge in [0, 0.05) is 0 Å². The molecule has 0 saturated heterocycles. The molecule has 0 aliphatic heterocycles. The quantitative estimate of drug-likeness (QED) is 0.932. The van der Waals surface area contributed by atoms with E-state index < -0.39 is 0 Å². The van der Waals surface area contributed by atoms with E-state index in [2.05, 4.69) is 5.10 Å². The van der Waals surface area contributed by atoms with Crippen LogP contribution in [0.3, 0.4) is 0 Å². The molecule has 102 valence electrons. The number of hydrogen-bond donors (Lipinski definition) is 1. The lowest BCUT2D eigenvalue weighted by molar-refractivity contribution is 0.242. The summed E-state index contributed by atoms with van der Waals surface area (Å²) in [4.78, 5) is 0. The first-order valence-corrected chi connectivity index (χ1v) is 6.62. The lowest BCUT2D eigenvalue weighted by Gasteiger charge is -2.15. The first-order valence-electron chi connectivity index (χ1n) is 6.24. The summed E-state index contributed by atoms with van der Waals surface area (Å²) in [6.45, 7) is 6.03. The molecule has 0 bridgehead atoms. The number of nitrogen functional groups attached to an aromatic ring is 1. The minimum Gasteiger partial charge on any atom is -0.491 e. The van der Waals surface area contributed by atoms with Gasteiger partial charge in [-0.05, 0) is 38.5 Å². The highest BCUT2D eigenvalue weighted by Gasteiger charge is 2.13. The molecule has 1 aromatic carbocycles. The minimum atomic E-state index is 0.0283. The average molecular weight is 280 g/mol. The van der Waals surface area contributed by atoms with Crippen molar-refractivity contribution in [3.05, 3.63) is 41.0 Å². The number of ether oxygens (including phenoxy) is 1. The maximum absolute atomic E-state index is 5.92. The Hall–Kier alpha value is -1.68. The van der Waals surface area contributed by atoms with E-state index in [0.29, 0.717) is 10.8 Å². The van der Waals surface area contributed by atoms with Crippen LogP contribution in [0.1, 0.15) is 32.4 Å². The van der Waals surface area contributed by atoms with Crippen molar-refractivity contribution in [2.45, 2.75) is 32.9 Å². The zero-order chi connectivity index (χ0) is 14.0. The molecule has 1 aromatic heterocycles. The number of nitrogens with zero attached hydrogens (tertiary/aromatic N) is 2. The second-order valence-corrected chi connectivity index (χ2v) is 5.14. The smallest absolute Gasteiger partial charge is 0.141 e. The first kappa shape index (κ1) is 13.7. The fourth-order valence-electron chi connectivity index (χ4n) is 1.90. The Morgan fingerprint density at radius 1 is 1.21 bits per heavy atom. The molecule has 5 heteroatoms. The lowest BCUT2D eigenvalue weighted by Crippen LogP contribution is -2.11. The van der Waals surface area contributed by atoms with Crippen molar-refractivity contribution in [1.82, 2.24) is 9.78 Å². The van der Waals surface area contributed by atoms with Gasteiger partial charge in [0.1, 0.15) is 16.6 Å². The number of aromatic nitrogens is 2. The molecule has 0 radical (unpaired) electrons. The first-order chi connectivity index (χ1) is 8.99. The zero-order valence-electron chi connectivity index (χ0n) is 11.3. The molecule has 1 unspecified atom stereocenters. The molecule has 1 atom stereocenters. The van der Waals surface area contributed by atoms with Crippen LogP contribution in [0.5, 0.6) is 5.75 Å². The van der Waals surface area contributed by atoms with Crippen molar-refractivity contribution in [3.8, 4) is 5.75 Å². The van der Waals surface area contributed by atoms with Crippen LogP contribution in [0.2, 0.25) is 5.02 Å². The second kappa shape index (κ2) is 5.53. The summed E-state index contributed by atoms with van der Waals surface area (Å²) in [5.74, 6) is 1.34. The van der Waals surface area contributed by atoms with Crippen molar-refractivity contribution < 1.29 is 4.74 Å². The maximum Gasteiger partial charge on any atom is 0.141 e. The van der Waals surface area contributed by atoms with E-state index in [-0.39, 0.29) is 12.1 Å². The Balaban J connectivity index is 2.20. The van der Waals surface area contributed by atoms with Crippen LogP contribution in [0, 0.1) is 0 Å². The van der Waals surface area contributed by atoms with Gasteiger partial charge < -0.3 is 10.5 Å². The summed E-state index contributed by atoms with van der Waals surface area (Å²) in [6, 6.07) is 7.95. The van der Waals surface area contributed by atoms with Gasteiger partial charge in [-0.2, -0.15) is 5.10 Å². The van der Waals surface area contributed by atoms with E-state index in [1.165, 1.54) is 0 Å². The van der Waals surface area contributed by atoms with E-state index in [9.17, 15) is 0 Å². The third-order valence-electron chi connectivity index (χ3n) is 2.89. The van der Waals surface area contributed by atoms with Crippen LogP contribution in [0.4, 0.5) is 5.82 Å². The Morgan fingerprint density at radius 3 is 2.32 bits per heavy atom. The van der Waals surface area contributed by atoms with Crippen LogP contribution < -0.4 is 10.5 Å². The van der Waals surface area contributed by atoms with E-state index >= 15 is 0 Å². The Kier molecular flexibility index (Phi) is 4.00. The van der Waals surface area contributed by atoms with Gasteiger partial charge in [-0.15, -0.1) is 0 Å². The Morgan fingerprint density at radius 2 is 1.84 bits per heavy atom. The van der Waals surface area contributed by atoms with Crippen molar-refractivity contribution in [2.24, 2.45) is 0 Å². The number of rotatable bonds is 4. The molecule has 0 aliphatic carbocycles. The maximum atomic E-state index is 5.92. The summed E-state index contributed by atoms with van der Waals surface area (Å²) in [7, 11) is 0. The monoisotopic (exact) mass is 279 g/mol. The average Bonchev–Trinajstić information content (AvgIpc) is 2.69. The Bertz CT molecular complexity index is 548. The molecule has 19 heavy (non-hydrogen) atoms. The summed E-state index contributed by atoms with van der Waals surface area (Å²) >= 11 is 5.92. The highest BCUT2D eigenvalue weighted by atomic mass is 35.5. The predicted octanol–water partition coefficient (Wildman–Crippen LogP) is 3.52. The minimum absolute atomic E-state index is 0.0283. The number of halogens is 1. The largest absolute Gasteiger partial charge is 0.491 e. The van der Waals surface area contributed by atoms with E-state index in [0.717, 1.165) is 11.3 Å². The van der Waals surface area contributed by atoms with Crippen LogP contribution in [0.15, 0.2) is 30.5 Å². The van der Waals surface area contributed by atoms with Gasteiger partial charge in [0.15, 0.2) is 0 Å². The number of anilines is 1. The standard InChI is InChI=1S/C14H18ClN3O/c1-9(2)19-12-6-4-11(5-7-12)10(3)18-14(16)13(15)8-17-18/h4-10H,16H2,1-3H3. The zero-order valence-corrected chi connectivity index (χ0v) is 12.1. The molecule has 2 N–H and O–H groups in total. The van der Waals surface area contributed by atoms with Gasteiger partial charge in [0.25, 0.3) is 0 Å². The van der Waals surface area contributed by atoms with Gasteiger partial charge >= 0.3 is 0 Å². The Labute approximate surface area is 118 Å². The number of hydrogen-bond acceptors (Lipinski definition) is 3. The molecule has 2 rings (SSSR count). The molecule has 0 aliphatic rings. The highest BCUT2D eigenvalue weighted by molar-refractivity contribution is 6.32. The normalized spacial score (nSPS) is 12.7. The summed E-state index contributed by atoms with van der Waals surface area (Å²) in [5.41, 5.74) is 6.98. The summed E-state index contributed by atoms with van der Waals surface area (Å²) in [6.07, 6.45) is 1.73. The van der Waals surface area contributed by atoms with Crippen molar-refractivity contribution in [1.29, 1.82) is 0 Å². The van der Waals surface area contributed by atoms with Crippen LogP contribution in [-0.2, 0) is 0 Å². The van der Waals surface area contributed by atoms with Crippen LogP contribution in [0.25, 0.3) is 0 Å². The third-order valence-corrected chi connectivity index (χ3v) is 3.18. The van der Waals surface area contributed by atoms with Crippen molar-refractivity contribution >= 4 is 17.4 Å². The second-order valence-electron chi connectivity index (χ2n) is 4.73.